The van der Waals surface area contributed by atoms with Gasteiger partial charge < -0.3 is 4.57 Å². The van der Waals surface area contributed by atoms with Crippen LogP contribution in [0.15, 0.2) is 23.1 Å². The van der Waals surface area contributed by atoms with Crippen LogP contribution in [0.2, 0.25) is 15.5 Å². The van der Waals surface area contributed by atoms with Crippen molar-refractivity contribution < 1.29 is 39.6 Å². The number of nitrogens with one attached hydrogen (secondary N) is 1. The number of alkyl halides is 6. The summed E-state index contributed by atoms with van der Waals surface area (Å²) in [6.45, 7) is 0. The molecule has 1 heterocycles. The molecule has 2 atom stereocenters. The molecular weight excluding hydrogens is 523 g/mol. The molecule has 0 bridgehead atoms. The average Bonchev–Trinajstić information content (AvgIpc) is 3.33. The summed E-state index contributed by atoms with van der Waals surface area (Å²) < 4.78 is 104. The monoisotopic (exact) mass is 529 g/mol. The van der Waals surface area contributed by atoms with Gasteiger partial charge in [0.2, 0.25) is 5.28 Å². The van der Waals surface area contributed by atoms with E-state index in [1.165, 1.54) is 4.72 Å². The summed E-state index contributed by atoms with van der Waals surface area (Å²) in [5.74, 6) is -3.30. The van der Waals surface area contributed by atoms with Crippen molar-refractivity contribution in [3.63, 3.8) is 0 Å². The van der Waals surface area contributed by atoms with E-state index in [2.05, 4.69) is 4.98 Å². The fraction of sp³-hybridized carbons (Fsp3) is 0.333. The maximum atomic E-state index is 12.9. The number of sulfonamides is 1. The van der Waals surface area contributed by atoms with Crippen molar-refractivity contribution in [3.05, 3.63) is 44.9 Å². The number of benzene rings is 1. The second-order valence-corrected chi connectivity index (χ2v) is 9.17. The van der Waals surface area contributed by atoms with Crippen LogP contribution in [-0.4, -0.2) is 30.1 Å². The largest absolute Gasteiger partial charge is 0.416 e. The van der Waals surface area contributed by atoms with Gasteiger partial charge in [-0.1, -0.05) is 23.2 Å². The first-order valence-electron chi connectivity index (χ1n) is 7.98. The van der Waals surface area contributed by atoms with Crippen molar-refractivity contribution in [1.82, 2.24) is 14.3 Å². The molecule has 1 aliphatic carbocycles. The van der Waals surface area contributed by atoms with Gasteiger partial charge in [0.15, 0.2) is 5.69 Å². The first-order valence-corrected chi connectivity index (χ1v) is 10.6. The Morgan fingerprint density at radius 1 is 1.13 bits per heavy atom. The van der Waals surface area contributed by atoms with E-state index >= 15 is 0 Å². The highest BCUT2D eigenvalue weighted by molar-refractivity contribution is 7.90. The maximum absolute atomic E-state index is 12.9. The molecule has 31 heavy (non-hydrogen) atoms. The minimum atomic E-state index is -4.94. The van der Waals surface area contributed by atoms with E-state index in [0.717, 1.165) is 4.57 Å². The number of hydrogen-bond donors (Lipinski definition) is 1. The Labute approximate surface area is 185 Å². The Morgan fingerprint density at radius 3 is 2.26 bits per heavy atom. The topological polar surface area (TPSA) is 81.1 Å². The van der Waals surface area contributed by atoms with Gasteiger partial charge in [-0.25, -0.2) is 18.1 Å². The molecule has 0 spiro atoms. The Morgan fingerprint density at radius 2 is 1.74 bits per heavy atom. The highest BCUT2D eigenvalue weighted by atomic mass is 35.5. The van der Waals surface area contributed by atoms with Gasteiger partial charge in [0.1, 0.15) is 10.0 Å². The summed E-state index contributed by atoms with van der Waals surface area (Å²) in [6, 6.07) is 0.188. The van der Waals surface area contributed by atoms with Crippen LogP contribution in [0.5, 0.6) is 0 Å². The molecule has 3 rings (SSSR count). The Balaban J connectivity index is 1.90. The standard InChI is InChI=1S/C15H8Cl3F6N3O3S/c16-7-2-1-5(14(19,20)21)3-9(7)31(29,30)26-12(28)10-11(17)27(13(18)25-10)8-4-6(8)15(22,23)24/h1-3,6,8H,4H2,(H,26,28). The number of rotatable bonds is 4. The number of carbonyl (C=O) groups is 1. The molecule has 1 N–H and O–H groups in total. The lowest BCUT2D eigenvalue weighted by molar-refractivity contribution is -0.150. The smallest absolute Gasteiger partial charge is 0.301 e. The number of nitrogens with zero attached hydrogens (tertiary/aromatic N) is 2. The van der Waals surface area contributed by atoms with Gasteiger partial charge >= 0.3 is 12.4 Å². The molecule has 16 heteroatoms. The van der Waals surface area contributed by atoms with Crippen LogP contribution >= 0.6 is 34.8 Å². The number of amides is 1. The molecule has 1 aromatic heterocycles. The molecule has 0 aliphatic heterocycles. The molecule has 170 valence electrons. The van der Waals surface area contributed by atoms with Gasteiger partial charge in [-0.3, -0.25) is 4.79 Å². The SMILES string of the molecule is O=C(NS(=O)(=O)c1cc(C(F)(F)F)ccc1Cl)c1nc(Cl)n(C2CC2C(F)(F)F)c1Cl. The van der Waals surface area contributed by atoms with Crippen LogP contribution in [0.1, 0.15) is 28.5 Å². The molecule has 0 saturated heterocycles. The zero-order valence-electron chi connectivity index (χ0n) is 14.5. The summed E-state index contributed by atoms with van der Waals surface area (Å²) in [5, 5.41) is -1.88. The second kappa shape index (κ2) is 7.71. The number of halogens is 9. The van der Waals surface area contributed by atoms with Gasteiger partial charge in [-0.05, 0) is 36.2 Å². The van der Waals surface area contributed by atoms with Gasteiger partial charge in [0.25, 0.3) is 15.9 Å². The van der Waals surface area contributed by atoms with E-state index in [-0.39, 0.29) is 12.5 Å². The fourth-order valence-electron chi connectivity index (χ4n) is 2.74. The zero-order valence-corrected chi connectivity index (χ0v) is 17.6. The molecule has 1 amide bonds. The van der Waals surface area contributed by atoms with Gasteiger partial charge in [0.05, 0.1) is 16.5 Å². The molecule has 2 aromatic rings. The van der Waals surface area contributed by atoms with Crippen LogP contribution in [-0.2, 0) is 16.2 Å². The fourth-order valence-corrected chi connectivity index (χ4v) is 4.89. The van der Waals surface area contributed by atoms with Crippen molar-refractivity contribution in [2.75, 3.05) is 0 Å². The quantitative estimate of drug-likeness (QED) is 0.558. The predicted molar refractivity (Wildman–Crippen MR) is 96.6 cm³/mol. The number of carbonyl (C=O) groups excluding carboxylic acids is 1. The third-order valence-electron chi connectivity index (χ3n) is 4.31. The molecule has 2 unspecified atom stereocenters. The first-order chi connectivity index (χ1) is 14.0. The third-order valence-corrected chi connectivity index (χ3v) is 6.75. The Kier molecular flexibility index (Phi) is 5.96. The molecular formula is C15H8Cl3F6N3O3S. The number of imidazole rings is 1. The van der Waals surface area contributed by atoms with E-state index in [1.54, 1.807) is 0 Å². The second-order valence-electron chi connectivity index (χ2n) is 6.42. The van der Waals surface area contributed by atoms with Crippen molar-refractivity contribution in [2.24, 2.45) is 5.92 Å². The van der Waals surface area contributed by atoms with Crippen molar-refractivity contribution in [1.29, 1.82) is 0 Å². The summed E-state index contributed by atoms with van der Waals surface area (Å²) in [5.41, 5.74) is -2.17. The van der Waals surface area contributed by atoms with Gasteiger partial charge in [-0.15, -0.1) is 0 Å². The number of aromatic nitrogens is 2. The summed E-state index contributed by atoms with van der Waals surface area (Å²) in [6.07, 6.45) is -9.82. The van der Waals surface area contributed by atoms with Crippen LogP contribution in [0.3, 0.4) is 0 Å². The molecule has 6 nitrogen and oxygen atoms in total. The predicted octanol–water partition coefficient (Wildman–Crippen LogP) is 5.10. The van der Waals surface area contributed by atoms with E-state index in [1.807, 2.05) is 0 Å². The van der Waals surface area contributed by atoms with Crippen molar-refractivity contribution in [3.8, 4) is 0 Å². The molecule has 0 radical (unpaired) electrons. The normalized spacial score (nSPS) is 19.4. The van der Waals surface area contributed by atoms with E-state index in [9.17, 15) is 39.6 Å². The maximum Gasteiger partial charge on any atom is 0.416 e. The minimum Gasteiger partial charge on any atom is -0.301 e. The van der Waals surface area contributed by atoms with E-state index < -0.39 is 71.9 Å². The lowest BCUT2D eigenvalue weighted by Gasteiger charge is -2.11. The first kappa shape index (κ1) is 24.0. The molecule has 1 aromatic carbocycles. The summed E-state index contributed by atoms with van der Waals surface area (Å²) in [4.78, 5) is 14.8. The van der Waals surface area contributed by atoms with E-state index in [4.69, 9.17) is 34.8 Å². The zero-order chi connectivity index (χ0) is 23.5. The van der Waals surface area contributed by atoms with Crippen LogP contribution < -0.4 is 4.72 Å². The van der Waals surface area contributed by atoms with E-state index in [0.29, 0.717) is 12.1 Å². The third kappa shape index (κ3) is 4.73. The molecule has 1 saturated carbocycles. The summed E-state index contributed by atoms with van der Waals surface area (Å²) in [7, 11) is -4.94. The van der Waals surface area contributed by atoms with Crippen LogP contribution in [0.25, 0.3) is 0 Å². The Hall–Kier alpha value is -1.70. The van der Waals surface area contributed by atoms with Crippen molar-refractivity contribution in [2.45, 2.75) is 29.7 Å². The molecule has 1 fully saturated rings. The van der Waals surface area contributed by atoms with Crippen LogP contribution in [0.4, 0.5) is 26.3 Å². The highest BCUT2D eigenvalue weighted by Gasteiger charge is 2.58. The van der Waals surface area contributed by atoms with Crippen molar-refractivity contribution >= 4 is 50.7 Å². The van der Waals surface area contributed by atoms with Gasteiger partial charge in [0, 0.05) is 6.04 Å². The van der Waals surface area contributed by atoms with Crippen LogP contribution in [0, 0.1) is 5.92 Å². The summed E-state index contributed by atoms with van der Waals surface area (Å²) >= 11 is 17.3. The lowest BCUT2D eigenvalue weighted by Crippen LogP contribution is -2.31. The average molecular weight is 531 g/mol. The highest BCUT2D eigenvalue weighted by Crippen LogP contribution is 2.55. The minimum absolute atomic E-state index is 0.212. The Bertz CT molecular complexity index is 1160. The number of hydrogen-bond acceptors (Lipinski definition) is 4. The lowest BCUT2D eigenvalue weighted by atomic mass is 10.2. The molecule has 1 aliphatic rings. The van der Waals surface area contributed by atoms with Gasteiger partial charge in [-0.2, -0.15) is 26.3 Å².